The van der Waals surface area contributed by atoms with Crippen LogP contribution in [0.15, 0.2) is 53.5 Å². The molecule has 0 atom stereocenters. The number of fused-ring (bicyclic) bond motifs is 1. The molecule has 0 aliphatic heterocycles. The molecular weight excluding hydrogens is 366 g/mol. The predicted octanol–water partition coefficient (Wildman–Crippen LogP) is 4.59. The summed E-state index contributed by atoms with van der Waals surface area (Å²) >= 11 is 0. The first kappa shape index (κ1) is 20.6. The number of amides is 1. The maximum atomic E-state index is 13.2. The van der Waals surface area contributed by atoms with Crippen LogP contribution in [0.3, 0.4) is 0 Å². The van der Waals surface area contributed by atoms with Crippen molar-refractivity contribution >= 4 is 11.7 Å². The number of benzene rings is 1. The van der Waals surface area contributed by atoms with Crippen LogP contribution in [0.1, 0.15) is 46.2 Å². The van der Waals surface area contributed by atoms with Crippen molar-refractivity contribution in [3.63, 3.8) is 0 Å². The summed E-state index contributed by atoms with van der Waals surface area (Å²) in [6.07, 6.45) is 3.92. The number of pyridine rings is 1. The van der Waals surface area contributed by atoms with E-state index in [0.717, 1.165) is 30.5 Å². The minimum Gasteiger partial charge on any atom is -0.410 e. The molecule has 29 heavy (non-hydrogen) atoms. The Bertz CT molecular complexity index is 1060. The summed E-state index contributed by atoms with van der Waals surface area (Å²) in [5, 5.41) is 2.75. The zero-order valence-electron chi connectivity index (χ0n) is 17.4. The number of hydrogen-bond acceptors (Lipinski definition) is 4. The molecule has 0 aliphatic rings. The fourth-order valence-electron chi connectivity index (χ4n) is 3.08. The van der Waals surface area contributed by atoms with E-state index in [4.69, 9.17) is 9.72 Å². The molecule has 6 nitrogen and oxygen atoms in total. The van der Waals surface area contributed by atoms with Gasteiger partial charge in [0.25, 0.3) is 5.56 Å². The molecule has 1 amide bonds. The third kappa shape index (κ3) is 5.02. The number of rotatable bonds is 5. The molecule has 0 saturated carbocycles. The van der Waals surface area contributed by atoms with Crippen LogP contribution >= 0.6 is 0 Å². The van der Waals surface area contributed by atoms with Crippen molar-refractivity contribution in [1.29, 1.82) is 0 Å². The maximum absolute atomic E-state index is 13.2. The highest BCUT2D eigenvalue weighted by Crippen LogP contribution is 2.24. The van der Waals surface area contributed by atoms with E-state index in [1.807, 2.05) is 39.0 Å². The van der Waals surface area contributed by atoms with E-state index in [1.165, 1.54) is 0 Å². The number of hydrogen-bond donors (Lipinski definition) is 1. The monoisotopic (exact) mass is 393 g/mol. The van der Waals surface area contributed by atoms with Gasteiger partial charge in [-0.25, -0.2) is 9.78 Å². The summed E-state index contributed by atoms with van der Waals surface area (Å²) in [6.45, 7) is 7.77. The van der Waals surface area contributed by atoms with E-state index >= 15 is 0 Å². The van der Waals surface area contributed by atoms with Crippen LogP contribution in [-0.4, -0.2) is 21.0 Å². The molecule has 2 heterocycles. The molecule has 0 saturated heterocycles. The third-order valence-corrected chi connectivity index (χ3v) is 4.41. The molecule has 6 heteroatoms. The van der Waals surface area contributed by atoms with E-state index in [-0.39, 0.29) is 11.1 Å². The van der Waals surface area contributed by atoms with E-state index < -0.39 is 6.09 Å². The van der Waals surface area contributed by atoms with E-state index in [1.54, 1.807) is 34.9 Å². The number of aromatic nitrogens is 2. The van der Waals surface area contributed by atoms with Gasteiger partial charge in [-0.2, -0.15) is 0 Å². The van der Waals surface area contributed by atoms with Crippen molar-refractivity contribution < 1.29 is 9.53 Å². The Morgan fingerprint density at radius 1 is 1.14 bits per heavy atom. The topological polar surface area (TPSA) is 72.7 Å². The van der Waals surface area contributed by atoms with Gasteiger partial charge in [0.2, 0.25) is 0 Å². The Labute approximate surface area is 170 Å². The van der Waals surface area contributed by atoms with Crippen LogP contribution in [0.25, 0.3) is 16.8 Å². The van der Waals surface area contributed by atoms with Crippen molar-refractivity contribution in [1.82, 2.24) is 14.7 Å². The van der Waals surface area contributed by atoms with Crippen LogP contribution in [0.4, 0.5) is 4.79 Å². The summed E-state index contributed by atoms with van der Waals surface area (Å²) in [7, 11) is 0. The van der Waals surface area contributed by atoms with Crippen molar-refractivity contribution in [2.75, 3.05) is 0 Å². The van der Waals surface area contributed by atoms with Gasteiger partial charge in [-0.05, 0) is 63.4 Å². The fraction of sp³-hybridized carbons (Fsp3) is 0.348. The summed E-state index contributed by atoms with van der Waals surface area (Å²) in [5.41, 5.74) is 2.31. The largest absolute Gasteiger partial charge is 0.413 e. The second-order valence-corrected chi connectivity index (χ2v) is 8.06. The minimum absolute atomic E-state index is 0.0964. The molecule has 3 aromatic rings. The van der Waals surface area contributed by atoms with Gasteiger partial charge in [0.1, 0.15) is 11.4 Å². The molecule has 0 fully saturated rings. The van der Waals surface area contributed by atoms with Gasteiger partial charge in [0, 0.05) is 11.7 Å². The van der Waals surface area contributed by atoms with Gasteiger partial charge in [-0.15, -0.1) is 0 Å². The Morgan fingerprint density at radius 2 is 1.86 bits per heavy atom. The SMILES string of the molecule is CCCCc1nc2ccccn2c(=O)c1-c1ccc(OC(=O)NC(C)(C)C)cc1. The highest BCUT2D eigenvalue weighted by molar-refractivity contribution is 5.72. The molecule has 1 N–H and O–H groups in total. The molecule has 2 aromatic heterocycles. The van der Waals surface area contributed by atoms with Crippen LogP contribution in [-0.2, 0) is 6.42 Å². The third-order valence-electron chi connectivity index (χ3n) is 4.41. The number of carbonyl (C=O) groups excluding carboxylic acids is 1. The van der Waals surface area contributed by atoms with Crippen LogP contribution in [0.2, 0.25) is 0 Å². The lowest BCUT2D eigenvalue weighted by molar-refractivity contribution is 0.190. The lowest BCUT2D eigenvalue weighted by Crippen LogP contribution is -2.42. The van der Waals surface area contributed by atoms with Gasteiger partial charge in [0.15, 0.2) is 0 Å². The fourth-order valence-corrected chi connectivity index (χ4v) is 3.08. The number of aryl methyl sites for hydroxylation is 1. The zero-order valence-corrected chi connectivity index (χ0v) is 17.4. The Morgan fingerprint density at radius 3 is 2.52 bits per heavy atom. The molecule has 0 radical (unpaired) electrons. The Balaban J connectivity index is 1.96. The molecule has 0 aliphatic carbocycles. The Kier molecular flexibility index (Phi) is 6.01. The summed E-state index contributed by atoms with van der Waals surface area (Å²) in [6, 6.07) is 12.5. The van der Waals surface area contributed by atoms with Crippen molar-refractivity contribution in [3.05, 3.63) is 64.7 Å². The second-order valence-electron chi connectivity index (χ2n) is 8.06. The summed E-state index contributed by atoms with van der Waals surface area (Å²) in [4.78, 5) is 29.8. The van der Waals surface area contributed by atoms with Crippen molar-refractivity contribution in [2.45, 2.75) is 52.5 Å². The van der Waals surface area contributed by atoms with Crippen LogP contribution < -0.4 is 15.6 Å². The lowest BCUT2D eigenvalue weighted by Gasteiger charge is -2.19. The van der Waals surface area contributed by atoms with Gasteiger partial charge >= 0.3 is 6.09 Å². The summed E-state index contributed by atoms with van der Waals surface area (Å²) in [5.74, 6) is 0.416. The second kappa shape index (κ2) is 8.47. The van der Waals surface area contributed by atoms with Gasteiger partial charge in [0.05, 0.1) is 11.3 Å². The molecule has 1 aromatic carbocycles. The van der Waals surface area contributed by atoms with Gasteiger partial charge in [-0.1, -0.05) is 31.5 Å². The van der Waals surface area contributed by atoms with E-state index in [2.05, 4.69) is 12.2 Å². The first-order chi connectivity index (χ1) is 13.8. The quantitative estimate of drug-likeness (QED) is 0.688. The average Bonchev–Trinajstić information content (AvgIpc) is 2.66. The number of nitrogens with one attached hydrogen (secondary N) is 1. The van der Waals surface area contributed by atoms with E-state index in [0.29, 0.717) is 17.0 Å². The first-order valence-electron chi connectivity index (χ1n) is 9.89. The molecule has 0 spiro atoms. The Hall–Kier alpha value is -3.15. The highest BCUT2D eigenvalue weighted by atomic mass is 16.6. The maximum Gasteiger partial charge on any atom is 0.413 e. The molecule has 0 unspecified atom stereocenters. The standard InChI is InChI=1S/C23H27N3O3/c1-5-6-9-18-20(21(27)26-15-8-7-10-19(26)24-18)16-11-13-17(14-12-16)29-22(28)25-23(2,3)4/h7-8,10-15H,5-6,9H2,1-4H3,(H,25,28). The smallest absolute Gasteiger partial charge is 0.410 e. The highest BCUT2D eigenvalue weighted by Gasteiger charge is 2.17. The molecule has 152 valence electrons. The van der Waals surface area contributed by atoms with Crippen LogP contribution in [0, 0.1) is 0 Å². The number of nitrogens with zero attached hydrogens (tertiary/aromatic N) is 2. The number of ether oxygens (including phenoxy) is 1. The molecular formula is C23H27N3O3. The predicted molar refractivity (Wildman–Crippen MR) is 114 cm³/mol. The van der Waals surface area contributed by atoms with Gasteiger partial charge in [-0.3, -0.25) is 9.20 Å². The number of carbonyl (C=O) groups is 1. The van der Waals surface area contributed by atoms with Crippen molar-refractivity contribution in [2.24, 2.45) is 0 Å². The average molecular weight is 393 g/mol. The van der Waals surface area contributed by atoms with Crippen molar-refractivity contribution in [3.8, 4) is 16.9 Å². The van der Waals surface area contributed by atoms with E-state index in [9.17, 15) is 9.59 Å². The summed E-state index contributed by atoms with van der Waals surface area (Å²) < 4.78 is 6.89. The molecule has 0 bridgehead atoms. The molecule has 3 rings (SSSR count). The first-order valence-corrected chi connectivity index (χ1v) is 9.89. The van der Waals surface area contributed by atoms with Gasteiger partial charge < -0.3 is 10.1 Å². The number of unbranched alkanes of at least 4 members (excludes halogenated alkanes) is 1. The van der Waals surface area contributed by atoms with Crippen LogP contribution in [0.5, 0.6) is 5.75 Å². The zero-order chi connectivity index (χ0) is 21.0. The minimum atomic E-state index is -0.513. The lowest BCUT2D eigenvalue weighted by atomic mass is 10.0. The normalized spacial score (nSPS) is 11.4.